The minimum Gasteiger partial charge on any atom is -0.382 e. The summed E-state index contributed by atoms with van der Waals surface area (Å²) in [4.78, 5) is 25.5. The van der Waals surface area contributed by atoms with Gasteiger partial charge in [-0.05, 0) is 74.4 Å². The molecule has 202 valence electrons. The predicted octanol–water partition coefficient (Wildman–Crippen LogP) is 5.39. The molecule has 2 fully saturated rings. The summed E-state index contributed by atoms with van der Waals surface area (Å²) in [6, 6.07) is 11.1. The molecular weight excluding hydrogens is 500 g/mol. The number of H-pyrrole nitrogens is 1. The molecule has 7 nitrogen and oxygen atoms in total. The van der Waals surface area contributed by atoms with Gasteiger partial charge in [0.15, 0.2) is 5.82 Å². The number of ether oxygens (including phenoxy) is 1. The van der Waals surface area contributed by atoms with Crippen molar-refractivity contribution in [2.45, 2.75) is 51.1 Å². The Bertz CT molecular complexity index is 1600. The SMILES string of the molecule is C[C@H]1CCCN1Cc1cc(-c2nc(-c3ccc4c(=O)[nH]cc(F)c4c3)c(N)nc2F)ccc1C1CCOCC1. The Labute approximate surface area is 225 Å². The molecule has 1 atom stereocenters. The fourth-order valence-corrected chi connectivity index (χ4v) is 5.94. The topological polar surface area (TPSA) is 97.1 Å². The van der Waals surface area contributed by atoms with E-state index in [1.807, 2.05) is 12.1 Å². The van der Waals surface area contributed by atoms with E-state index in [0.29, 0.717) is 23.1 Å². The Morgan fingerprint density at radius 1 is 1.03 bits per heavy atom. The van der Waals surface area contributed by atoms with Gasteiger partial charge < -0.3 is 15.5 Å². The number of benzene rings is 2. The van der Waals surface area contributed by atoms with Crippen molar-refractivity contribution in [3.63, 3.8) is 0 Å². The van der Waals surface area contributed by atoms with Crippen molar-refractivity contribution in [1.29, 1.82) is 0 Å². The Morgan fingerprint density at radius 2 is 1.79 bits per heavy atom. The normalized spacial score (nSPS) is 18.7. The van der Waals surface area contributed by atoms with Gasteiger partial charge in [-0.25, -0.2) is 9.37 Å². The fourth-order valence-electron chi connectivity index (χ4n) is 5.94. The molecule has 0 radical (unpaired) electrons. The molecule has 6 rings (SSSR count). The number of aromatic nitrogens is 3. The molecule has 0 saturated carbocycles. The van der Waals surface area contributed by atoms with E-state index >= 15 is 4.39 Å². The number of aromatic amines is 1. The lowest BCUT2D eigenvalue weighted by atomic mass is 9.87. The van der Waals surface area contributed by atoms with Crippen LogP contribution >= 0.6 is 0 Å². The van der Waals surface area contributed by atoms with Crippen LogP contribution in [0, 0.1) is 11.8 Å². The molecule has 4 heterocycles. The number of hydrogen-bond donors (Lipinski definition) is 2. The number of nitrogens with one attached hydrogen (secondary N) is 1. The van der Waals surface area contributed by atoms with Crippen LogP contribution in [-0.2, 0) is 11.3 Å². The van der Waals surface area contributed by atoms with Crippen LogP contribution < -0.4 is 11.3 Å². The second kappa shape index (κ2) is 10.5. The summed E-state index contributed by atoms with van der Waals surface area (Å²) in [6.45, 7) is 5.57. The van der Waals surface area contributed by atoms with Crippen molar-refractivity contribution >= 4 is 16.6 Å². The quantitative estimate of drug-likeness (QED) is 0.358. The maximum absolute atomic E-state index is 15.3. The third-order valence-electron chi connectivity index (χ3n) is 8.15. The molecule has 2 saturated heterocycles. The number of fused-ring (bicyclic) bond motifs is 1. The number of nitrogens with zero attached hydrogens (tertiary/aromatic N) is 3. The molecular formula is C30H31F2N5O2. The second-order valence-electron chi connectivity index (χ2n) is 10.6. The van der Waals surface area contributed by atoms with Gasteiger partial charge in [0, 0.05) is 53.9 Å². The number of anilines is 1. The highest BCUT2D eigenvalue weighted by Crippen LogP contribution is 2.35. The summed E-state index contributed by atoms with van der Waals surface area (Å²) >= 11 is 0. The van der Waals surface area contributed by atoms with E-state index < -0.39 is 17.3 Å². The summed E-state index contributed by atoms with van der Waals surface area (Å²) in [7, 11) is 0. The summed E-state index contributed by atoms with van der Waals surface area (Å²) < 4.78 is 35.4. The Kier molecular flexibility index (Phi) is 6.86. The second-order valence-corrected chi connectivity index (χ2v) is 10.6. The first kappa shape index (κ1) is 25.6. The summed E-state index contributed by atoms with van der Waals surface area (Å²) in [5, 5.41) is 0.336. The highest BCUT2D eigenvalue weighted by atomic mass is 19.1. The van der Waals surface area contributed by atoms with E-state index in [9.17, 15) is 9.18 Å². The van der Waals surface area contributed by atoms with Gasteiger partial charge >= 0.3 is 0 Å². The smallest absolute Gasteiger partial charge is 0.256 e. The molecule has 2 aromatic carbocycles. The van der Waals surface area contributed by atoms with E-state index in [4.69, 9.17) is 10.5 Å². The third-order valence-corrected chi connectivity index (χ3v) is 8.15. The van der Waals surface area contributed by atoms with Crippen LogP contribution in [-0.4, -0.2) is 45.7 Å². The van der Waals surface area contributed by atoms with Crippen molar-refractivity contribution < 1.29 is 13.5 Å². The Hall–Kier alpha value is -3.69. The lowest BCUT2D eigenvalue weighted by molar-refractivity contribution is 0.0849. The summed E-state index contributed by atoms with van der Waals surface area (Å²) in [5.41, 5.74) is 9.51. The lowest BCUT2D eigenvalue weighted by Gasteiger charge is -2.28. The van der Waals surface area contributed by atoms with Gasteiger partial charge in [0.2, 0.25) is 5.95 Å². The third kappa shape index (κ3) is 4.92. The van der Waals surface area contributed by atoms with Crippen molar-refractivity contribution in [1.82, 2.24) is 19.9 Å². The molecule has 4 aromatic rings. The highest BCUT2D eigenvalue weighted by molar-refractivity contribution is 5.88. The lowest BCUT2D eigenvalue weighted by Crippen LogP contribution is -2.27. The van der Waals surface area contributed by atoms with E-state index in [0.717, 1.165) is 45.3 Å². The van der Waals surface area contributed by atoms with Crippen molar-refractivity contribution in [3.05, 3.63) is 75.8 Å². The number of likely N-dealkylation sites (tertiary alicyclic amines) is 1. The van der Waals surface area contributed by atoms with Crippen LogP contribution in [0.4, 0.5) is 14.6 Å². The summed E-state index contributed by atoms with van der Waals surface area (Å²) in [6.07, 6.45) is 5.29. The van der Waals surface area contributed by atoms with Crippen LogP contribution in [0.1, 0.15) is 49.7 Å². The molecule has 0 unspecified atom stereocenters. The van der Waals surface area contributed by atoms with Gasteiger partial charge in [-0.1, -0.05) is 18.2 Å². The van der Waals surface area contributed by atoms with Crippen LogP contribution in [0.25, 0.3) is 33.3 Å². The van der Waals surface area contributed by atoms with Gasteiger partial charge in [-0.2, -0.15) is 9.37 Å². The monoisotopic (exact) mass is 531 g/mol. The maximum atomic E-state index is 15.3. The van der Waals surface area contributed by atoms with Crippen LogP contribution in [0.2, 0.25) is 0 Å². The van der Waals surface area contributed by atoms with E-state index in [-0.39, 0.29) is 28.0 Å². The first-order valence-corrected chi connectivity index (χ1v) is 13.5. The molecule has 2 aromatic heterocycles. The number of rotatable bonds is 5. The van der Waals surface area contributed by atoms with Crippen LogP contribution in [0.3, 0.4) is 0 Å². The number of halogens is 2. The number of nitrogen functional groups attached to an aromatic ring is 1. The largest absolute Gasteiger partial charge is 0.382 e. The van der Waals surface area contributed by atoms with Gasteiger partial charge in [-0.15, -0.1) is 0 Å². The van der Waals surface area contributed by atoms with Crippen LogP contribution in [0.5, 0.6) is 0 Å². The minimum absolute atomic E-state index is 0.0833. The predicted molar refractivity (Wildman–Crippen MR) is 147 cm³/mol. The van der Waals surface area contributed by atoms with E-state index in [2.05, 4.69) is 32.8 Å². The Balaban J connectivity index is 1.43. The molecule has 9 heteroatoms. The zero-order valence-corrected chi connectivity index (χ0v) is 21.8. The molecule has 2 aliphatic heterocycles. The summed E-state index contributed by atoms with van der Waals surface area (Å²) in [5.74, 6) is -1.05. The molecule has 0 amide bonds. The molecule has 39 heavy (non-hydrogen) atoms. The fraction of sp³-hybridized carbons (Fsp3) is 0.367. The van der Waals surface area contributed by atoms with Crippen molar-refractivity contribution in [2.24, 2.45) is 0 Å². The van der Waals surface area contributed by atoms with Gasteiger partial charge in [0.05, 0.1) is 0 Å². The average Bonchev–Trinajstić information content (AvgIpc) is 3.35. The minimum atomic E-state index is -0.765. The van der Waals surface area contributed by atoms with Gasteiger partial charge in [0.1, 0.15) is 17.2 Å². The number of nitrogens with two attached hydrogens (primary N) is 1. The zero-order chi connectivity index (χ0) is 27.1. The molecule has 0 aliphatic carbocycles. The van der Waals surface area contributed by atoms with E-state index in [1.165, 1.54) is 36.1 Å². The van der Waals surface area contributed by atoms with Crippen molar-refractivity contribution in [2.75, 3.05) is 25.5 Å². The number of hydrogen-bond acceptors (Lipinski definition) is 6. The Morgan fingerprint density at radius 3 is 2.56 bits per heavy atom. The van der Waals surface area contributed by atoms with Crippen LogP contribution in [0.15, 0.2) is 47.4 Å². The number of pyridine rings is 1. The average molecular weight is 532 g/mol. The highest BCUT2D eigenvalue weighted by Gasteiger charge is 2.25. The standard InChI is InChI=1S/C30H31F2N5O2/c1-17-3-2-10-37(17)16-21-13-19(4-6-22(21)18-8-11-39-12-9-18)26-28(32)36-29(33)27(35-26)20-5-7-23-24(14-20)25(31)15-34-30(23)38/h4-7,13-15,17-18H,2-3,8-12,16H2,1H3,(H2,33,36)(H,34,38)/t17-/m0/s1. The zero-order valence-electron chi connectivity index (χ0n) is 21.8. The van der Waals surface area contributed by atoms with Gasteiger partial charge in [-0.3, -0.25) is 9.69 Å². The first-order chi connectivity index (χ1) is 18.9. The molecule has 3 N–H and O–H groups in total. The maximum Gasteiger partial charge on any atom is 0.256 e. The van der Waals surface area contributed by atoms with Gasteiger partial charge in [0.25, 0.3) is 5.56 Å². The first-order valence-electron chi connectivity index (χ1n) is 13.5. The van der Waals surface area contributed by atoms with Crippen molar-refractivity contribution in [3.8, 4) is 22.5 Å². The van der Waals surface area contributed by atoms with E-state index in [1.54, 1.807) is 6.07 Å². The molecule has 2 aliphatic rings. The molecule has 0 spiro atoms. The molecule has 0 bridgehead atoms.